The van der Waals surface area contributed by atoms with Crippen LogP contribution in [0.4, 0.5) is 0 Å². The predicted molar refractivity (Wildman–Crippen MR) is 187 cm³/mol. The molecule has 0 aliphatic heterocycles. The van der Waals surface area contributed by atoms with E-state index in [4.69, 9.17) is 0 Å². The van der Waals surface area contributed by atoms with Gasteiger partial charge < -0.3 is 9.13 Å². The van der Waals surface area contributed by atoms with Gasteiger partial charge in [0.25, 0.3) is 0 Å². The highest BCUT2D eigenvalue weighted by Gasteiger charge is 2.20. The maximum Gasteiger partial charge on any atom is 0.0998 e. The third kappa shape index (κ3) is 3.65. The molecule has 0 fully saturated rings. The molecule has 0 amide bonds. The molecule has 0 atom stereocenters. The van der Waals surface area contributed by atoms with E-state index in [9.17, 15) is 10.5 Å². The number of aromatic nitrogens is 2. The minimum Gasteiger partial charge on any atom is -0.309 e. The van der Waals surface area contributed by atoms with E-state index in [2.05, 4.69) is 137 Å². The molecule has 0 radical (unpaired) electrons. The molecule has 2 aromatic heterocycles. The van der Waals surface area contributed by atoms with E-state index in [0.29, 0.717) is 16.7 Å². The number of fused-ring (bicyclic) bond motifs is 8. The van der Waals surface area contributed by atoms with Crippen molar-refractivity contribution < 1.29 is 0 Å². The van der Waals surface area contributed by atoms with Crippen LogP contribution in [-0.2, 0) is 0 Å². The normalized spacial score (nSPS) is 11.4. The van der Waals surface area contributed by atoms with Gasteiger partial charge in [-0.1, -0.05) is 84.9 Å². The topological polar surface area (TPSA) is 57.4 Å². The van der Waals surface area contributed by atoms with E-state index in [1.54, 1.807) is 18.2 Å². The van der Waals surface area contributed by atoms with Crippen LogP contribution in [0.5, 0.6) is 0 Å². The fraction of sp³-hybridized carbons (Fsp3) is 0. The molecular formula is C42H24N4. The minimum absolute atomic E-state index is 0.494. The van der Waals surface area contributed by atoms with Crippen molar-refractivity contribution in [2.24, 2.45) is 0 Å². The first-order chi connectivity index (χ1) is 22.7. The van der Waals surface area contributed by atoms with E-state index in [1.807, 2.05) is 12.1 Å². The quantitative estimate of drug-likeness (QED) is 0.207. The molecule has 46 heavy (non-hydrogen) atoms. The Labute approximate surface area is 264 Å². The van der Waals surface area contributed by atoms with Gasteiger partial charge in [0, 0.05) is 38.5 Å². The summed E-state index contributed by atoms with van der Waals surface area (Å²) in [5.41, 5.74) is 9.24. The highest BCUT2D eigenvalue weighted by molar-refractivity contribution is 6.28. The van der Waals surface area contributed by atoms with Crippen LogP contribution in [0.1, 0.15) is 11.1 Å². The number of rotatable bonds is 3. The molecule has 0 saturated heterocycles. The molecule has 0 N–H and O–H groups in total. The first-order valence-electron chi connectivity index (χ1n) is 15.2. The average molecular weight is 585 g/mol. The summed E-state index contributed by atoms with van der Waals surface area (Å²) in [6, 6.07) is 54.9. The fourth-order valence-electron chi connectivity index (χ4n) is 7.22. The first-order valence-corrected chi connectivity index (χ1v) is 15.2. The zero-order valence-corrected chi connectivity index (χ0v) is 24.6. The first kappa shape index (κ1) is 25.8. The van der Waals surface area contributed by atoms with Crippen molar-refractivity contribution in [2.45, 2.75) is 0 Å². The summed E-state index contributed by atoms with van der Waals surface area (Å²) in [6.07, 6.45) is 0. The zero-order valence-electron chi connectivity index (χ0n) is 24.6. The van der Waals surface area contributed by atoms with Crippen molar-refractivity contribution in [2.75, 3.05) is 0 Å². The molecule has 4 nitrogen and oxygen atoms in total. The molecule has 212 valence electrons. The lowest BCUT2D eigenvalue weighted by Gasteiger charge is -2.11. The maximum atomic E-state index is 9.76. The lowest BCUT2D eigenvalue weighted by atomic mass is 9.95. The van der Waals surface area contributed by atoms with Gasteiger partial charge >= 0.3 is 0 Å². The van der Waals surface area contributed by atoms with Crippen LogP contribution >= 0.6 is 0 Å². The van der Waals surface area contributed by atoms with Gasteiger partial charge in [0.2, 0.25) is 0 Å². The zero-order chi connectivity index (χ0) is 30.8. The third-order valence-electron chi connectivity index (χ3n) is 9.18. The monoisotopic (exact) mass is 584 g/mol. The second-order valence-electron chi connectivity index (χ2n) is 11.6. The highest BCUT2D eigenvalue weighted by Crippen LogP contribution is 2.42. The Morgan fingerprint density at radius 3 is 1.54 bits per heavy atom. The van der Waals surface area contributed by atoms with Gasteiger partial charge in [-0.3, -0.25) is 0 Å². The summed E-state index contributed by atoms with van der Waals surface area (Å²) in [5.74, 6) is 0. The largest absolute Gasteiger partial charge is 0.309 e. The number of hydrogen-bond acceptors (Lipinski definition) is 2. The molecule has 7 aromatic carbocycles. The summed E-state index contributed by atoms with van der Waals surface area (Å²) in [7, 11) is 0. The Morgan fingerprint density at radius 2 is 0.935 bits per heavy atom. The van der Waals surface area contributed by atoms with Crippen molar-refractivity contribution in [3.05, 3.63) is 157 Å². The fourth-order valence-corrected chi connectivity index (χ4v) is 7.22. The van der Waals surface area contributed by atoms with E-state index in [-0.39, 0.29) is 0 Å². The summed E-state index contributed by atoms with van der Waals surface area (Å²) in [6.45, 7) is 0. The SMILES string of the molecule is N#Cc1cccc(C#N)c1-c1ccc(-n2c3ccccc3c3c4c5ccccc5n(-c5ccc6ccccc6c5)c4ccc32)cc1. The molecule has 0 aliphatic rings. The van der Waals surface area contributed by atoms with Gasteiger partial charge in [-0.15, -0.1) is 0 Å². The lowest BCUT2D eigenvalue weighted by Crippen LogP contribution is -1.95. The summed E-state index contributed by atoms with van der Waals surface area (Å²) < 4.78 is 4.70. The van der Waals surface area contributed by atoms with Crippen LogP contribution in [0.25, 0.3) is 76.9 Å². The lowest BCUT2D eigenvalue weighted by molar-refractivity contribution is 1.17. The molecule has 0 unspecified atom stereocenters. The Hall–Kier alpha value is -6.62. The standard InChI is InChI=1S/C42H24N4/c43-25-30-10-7-11-31(26-44)40(30)28-17-19-32(20-18-28)45-36-14-5-3-12-34(36)41-38(45)22-23-39-42(41)35-13-4-6-15-37(35)46(39)33-21-16-27-8-1-2-9-29(27)24-33/h1-24H. The van der Waals surface area contributed by atoms with Crippen LogP contribution in [0, 0.1) is 22.7 Å². The number of nitriles is 2. The minimum atomic E-state index is 0.494. The number of para-hydroxylation sites is 2. The van der Waals surface area contributed by atoms with Crippen molar-refractivity contribution in [1.29, 1.82) is 10.5 Å². The second-order valence-corrected chi connectivity index (χ2v) is 11.6. The van der Waals surface area contributed by atoms with Gasteiger partial charge in [0.1, 0.15) is 0 Å². The van der Waals surface area contributed by atoms with Gasteiger partial charge in [-0.25, -0.2) is 0 Å². The van der Waals surface area contributed by atoms with Crippen LogP contribution in [0.2, 0.25) is 0 Å². The molecule has 0 bridgehead atoms. The van der Waals surface area contributed by atoms with Gasteiger partial charge in [0.15, 0.2) is 0 Å². The second kappa shape index (κ2) is 9.96. The maximum absolute atomic E-state index is 9.76. The van der Waals surface area contributed by atoms with Crippen molar-refractivity contribution >= 4 is 54.4 Å². The highest BCUT2D eigenvalue weighted by atomic mass is 15.0. The summed E-state index contributed by atoms with van der Waals surface area (Å²) >= 11 is 0. The Bertz CT molecular complexity index is 2730. The van der Waals surface area contributed by atoms with Crippen LogP contribution in [0.15, 0.2) is 146 Å². The molecule has 0 aliphatic carbocycles. The van der Waals surface area contributed by atoms with Gasteiger partial charge in [-0.2, -0.15) is 10.5 Å². The molecule has 9 aromatic rings. The third-order valence-corrected chi connectivity index (χ3v) is 9.18. The smallest absolute Gasteiger partial charge is 0.0998 e. The van der Waals surface area contributed by atoms with Crippen LogP contribution in [-0.4, -0.2) is 9.13 Å². The van der Waals surface area contributed by atoms with Gasteiger partial charge in [0.05, 0.1) is 45.3 Å². The Kier molecular flexibility index (Phi) is 5.59. The van der Waals surface area contributed by atoms with Crippen molar-refractivity contribution in [1.82, 2.24) is 9.13 Å². The molecule has 9 rings (SSSR count). The molecule has 4 heteroatoms. The van der Waals surface area contributed by atoms with E-state index < -0.39 is 0 Å². The molecule has 0 spiro atoms. The Balaban J connectivity index is 1.32. The van der Waals surface area contributed by atoms with E-state index in [0.717, 1.165) is 28.0 Å². The summed E-state index contributed by atoms with van der Waals surface area (Å²) in [5, 5.41) is 26.8. The van der Waals surface area contributed by atoms with Crippen LogP contribution in [0.3, 0.4) is 0 Å². The van der Waals surface area contributed by atoms with E-state index >= 15 is 0 Å². The number of benzene rings is 7. The van der Waals surface area contributed by atoms with E-state index in [1.165, 1.54) is 43.4 Å². The molecule has 2 heterocycles. The summed E-state index contributed by atoms with van der Waals surface area (Å²) in [4.78, 5) is 0. The van der Waals surface area contributed by atoms with Crippen molar-refractivity contribution in [3.63, 3.8) is 0 Å². The Morgan fingerprint density at radius 1 is 0.413 bits per heavy atom. The van der Waals surface area contributed by atoms with Crippen LogP contribution < -0.4 is 0 Å². The van der Waals surface area contributed by atoms with Gasteiger partial charge in [-0.05, 0) is 77.0 Å². The average Bonchev–Trinajstić information content (AvgIpc) is 3.64. The number of nitrogens with zero attached hydrogens (tertiary/aromatic N) is 4. The molecular weight excluding hydrogens is 560 g/mol. The van der Waals surface area contributed by atoms with Crippen molar-refractivity contribution in [3.8, 4) is 34.6 Å². The number of hydrogen-bond donors (Lipinski definition) is 0. The molecule has 0 saturated carbocycles. The predicted octanol–water partition coefficient (Wildman–Crippen LogP) is 10.4.